The number of anilines is 1. The van der Waals surface area contributed by atoms with Crippen molar-refractivity contribution in [1.82, 2.24) is 9.97 Å². The van der Waals surface area contributed by atoms with Crippen LogP contribution in [-0.4, -0.2) is 17.0 Å². The van der Waals surface area contributed by atoms with E-state index in [1.54, 1.807) is 13.2 Å². The Balaban J connectivity index is 2.30. The van der Waals surface area contributed by atoms with Gasteiger partial charge in [-0.3, -0.25) is 0 Å². The molecule has 0 fully saturated rings. The summed E-state index contributed by atoms with van der Waals surface area (Å²) in [6.07, 6.45) is 1.67. The Morgan fingerprint density at radius 3 is 2.65 bits per heavy atom. The third kappa shape index (κ3) is 3.48. The monoisotopic (exact) mass is 335 g/mol. The van der Waals surface area contributed by atoms with Gasteiger partial charge >= 0.3 is 0 Å². The number of nitrogens with one attached hydrogen (secondary N) is 1. The van der Waals surface area contributed by atoms with Crippen molar-refractivity contribution in [3.63, 3.8) is 0 Å². The Kier molecular flexibility index (Phi) is 4.28. The summed E-state index contributed by atoms with van der Waals surface area (Å²) in [6.45, 7) is 6.52. The summed E-state index contributed by atoms with van der Waals surface area (Å²) < 4.78 is 6.57. The van der Waals surface area contributed by atoms with Crippen LogP contribution in [0.5, 0.6) is 11.6 Å². The molecule has 4 nitrogen and oxygen atoms in total. The number of hydrogen-bond acceptors (Lipinski definition) is 4. The van der Waals surface area contributed by atoms with Gasteiger partial charge in [-0.1, -0.05) is 32.9 Å². The maximum absolute atomic E-state index is 5.85. The molecule has 0 aliphatic carbocycles. The molecule has 0 spiro atoms. The van der Waals surface area contributed by atoms with Crippen LogP contribution in [0, 0.1) is 0 Å². The summed E-state index contributed by atoms with van der Waals surface area (Å²) in [4.78, 5) is 8.39. The van der Waals surface area contributed by atoms with E-state index in [0.29, 0.717) is 11.8 Å². The van der Waals surface area contributed by atoms with Gasteiger partial charge in [-0.05, 0) is 39.0 Å². The fourth-order valence-corrected chi connectivity index (χ4v) is 1.95. The molecular formula is C15H18BrN3O. The fourth-order valence-electron chi connectivity index (χ4n) is 1.68. The van der Waals surface area contributed by atoms with Crippen molar-refractivity contribution in [3.05, 3.63) is 40.5 Å². The van der Waals surface area contributed by atoms with Crippen molar-refractivity contribution < 1.29 is 4.74 Å². The highest BCUT2D eigenvalue weighted by Gasteiger charge is 2.15. The van der Waals surface area contributed by atoms with Crippen molar-refractivity contribution in [3.8, 4) is 11.6 Å². The molecule has 5 heteroatoms. The number of ether oxygens (including phenoxy) is 1. The maximum Gasteiger partial charge on any atom is 0.238 e. The van der Waals surface area contributed by atoms with Crippen LogP contribution in [0.4, 0.5) is 5.95 Å². The van der Waals surface area contributed by atoms with Gasteiger partial charge in [-0.2, -0.15) is 4.98 Å². The Morgan fingerprint density at radius 2 is 2.00 bits per heavy atom. The average Bonchev–Trinajstić information content (AvgIpc) is 2.41. The van der Waals surface area contributed by atoms with E-state index in [0.717, 1.165) is 10.2 Å². The molecule has 0 radical (unpaired) electrons. The standard InChI is InChI=1S/C15H18BrN3O/c1-15(2,3)10-6-5-7-11(8-10)20-13-12(16)9-18-14(17-4)19-13/h5-9H,1-4H3,(H,17,18,19). The lowest BCUT2D eigenvalue weighted by Gasteiger charge is -2.19. The highest BCUT2D eigenvalue weighted by Crippen LogP contribution is 2.31. The zero-order chi connectivity index (χ0) is 14.8. The largest absolute Gasteiger partial charge is 0.438 e. The topological polar surface area (TPSA) is 47.0 Å². The van der Waals surface area contributed by atoms with Gasteiger partial charge in [0.2, 0.25) is 11.8 Å². The third-order valence-electron chi connectivity index (χ3n) is 2.85. The van der Waals surface area contributed by atoms with Gasteiger partial charge in [-0.25, -0.2) is 4.98 Å². The predicted octanol–water partition coefficient (Wildman–Crippen LogP) is 4.37. The lowest BCUT2D eigenvalue weighted by atomic mass is 9.87. The number of hydrogen-bond donors (Lipinski definition) is 1. The van der Waals surface area contributed by atoms with E-state index in [9.17, 15) is 0 Å². The first-order valence-corrected chi connectivity index (χ1v) is 7.18. The second-order valence-corrected chi connectivity index (χ2v) is 6.33. The van der Waals surface area contributed by atoms with Gasteiger partial charge in [0.1, 0.15) is 5.75 Å². The third-order valence-corrected chi connectivity index (χ3v) is 3.39. The molecule has 0 bridgehead atoms. The predicted molar refractivity (Wildman–Crippen MR) is 84.5 cm³/mol. The number of aromatic nitrogens is 2. The molecule has 20 heavy (non-hydrogen) atoms. The summed E-state index contributed by atoms with van der Waals surface area (Å²) in [5.74, 6) is 1.78. The van der Waals surface area contributed by atoms with Gasteiger partial charge in [0.05, 0.1) is 10.7 Å². The van der Waals surface area contributed by atoms with Crippen LogP contribution in [0.3, 0.4) is 0 Å². The van der Waals surface area contributed by atoms with E-state index >= 15 is 0 Å². The van der Waals surface area contributed by atoms with Crippen LogP contribution in [0.1, 0.15) is 26.3 Å². The SMILES string of the molecule is CNc1ncc(Br)c(Oc2cccc(C(C)(C)C)c2)n1. The molecule has 2 aromatic rings. The molecule has 1 aromatic carbocycles. The van der Waals surface area contributed by atoms with E-state index in [-0.39, 0.29) is 5.41 Å². The Hall–Kier alpha value is -1.62. The minimum Gasteiger partial charge on any atom is -0.438 e. The molecule has 106 valence electrons. The lowest BCUT2D eigenvalue weighted by molar-refractivity contribution is 0.456. The molecule has 0 aliphatic rings. The maximum atomic E-state index is 5.85. The minimum atomic E-state index is 0.0818. The molecule has 0 atom stereocenters. The van der Waals surface area contributed by atoms with Crippen LogP contribution in [0.15, 0.2) is 34.9 Å². The number of halogens is 1. The Morgan fingerprint density at radius 1 is 1.25 bits per heavy atom. The molecule has 0 saturated carbocycles. The highest BCUT2D eigenvalue weighted by molar-refractivity contribution is 9.10. The van der Waals surface area contributed by atoms with Crippen molar-refractivity contribution in [1.29, 1.82) is 0 Å². The zero-order valence-corrected chi connectivity index (χ0v) is 13.7. The van der Waals surface area contributed by atoms with Crippen LogP contribution in [-0.2, 0) is 5.41 Å². The average molecular weight is 336 g/mol. The van der Waals surface area contributed by atoms with E-state index in [2.05, 4.69) is 58.1 Å². The summed E-state index contributed by atoms with van der Waals surface area (Å²) >= 11 is 3.40. The summed E-state index contributed by atoms with van der Waals surface area (Å²) in [6, 6.07) is 8.04. The quantitative estimate of drug-likeness (QED) is 0.904. The lowest BCUT2D eigenvalue weighted by Crippen LogP contribution is -2.10. The second kappa shape index (κ2) is 5.79. The second-order valence-electron chi connectivity index (χ2n) is 5.48. The molecule has 1 aromatic heterocycles. The molecular weight excluding hydrogens is 318 g/mol. The Labute approximate surface area is 127 Å². The molecule has 2 rings (SSSR count). The van der Waals surface area contributed by atoms with Gasteiger partial charge in [-0.15, -0.1) is 0 Å². The van der Waals surface area contributed by atoms with E-state index in [1.165, 1.54) is 5.56 Å². The van der Waals surface area contributed by atoms with E-state index in [1.807, 2.05) is 18.2 Å². The first-order valence-electron chi connectivity index (χ1n) is 6.39. The van der Waals surface area contributed by atoms with Crippen molar-refractivity contribution in [2.24, 2.45) is 0 Å². The van der Waals surface area contributed by atoms with E-state index in [4.69, 9.17) is 4.74 Å². The summed E-state index contributed by atoms with van der Waals surface area (Å²) in [5, 5.41) is 2.89. The first-order chi connectivity index (χ1) is 9.40. The molecule has 1 heterocycles. The molecule has 0 unspecified atom stereocenters. The number of rotatable bonds is 3. The van der Waals surface area contributed by atoms with Crippen molar-refractivity contribution in [2.45, 2.75) is 26.2 Å². The van der Waals surface area contributed by atoms with Crippen LogP contribution in [0.25, 0.3) is 0 Å². The zero-order valence-electron chi connectivity index (χ0n) is 12.1. The van der Waals surface area contributed by atoms with E-state index < -0.39 is 0 Å². The Bertz CT molecular complexity index is 608. The highest BCUT2D eigenvalue weighted by atomic mass is 79.9. The normalized spacial score (nSPS) is 11.2. The van der Waals surface area contributed by atoms with Gasteiger partial charge in [0, 0.05) is 7.05 Å². The van der Waals surface area contributed by atoms with Crippen LogP contribution in [0.2, 0.25) is 0 Å². The van der Waals surface area contributed by atoms with Crippen LogP contribution >= 0.6 is 15.9 Å². The summed E-state index contributed by atoms with van der Waals surface area (Å²) in [7, 11) is 1.77. The molecule has 1 N–H and O–H groups in total. The van der Waals surface area contributed by atoms with Crippen molar-refractivity contribution >= 4 is 21.9 Å². The minimum absolute atomic E-state index is 0.0818. The van der Waals surface area contributed by atoms with Gasteiger partial charge < -0.3 is 10.1 Å². The van der Waals surface area contributed by atoms with Crippen LogP contribution < -0.4 is 10.1 Å². The molecule has 0 aliphatic heterocycles. The van der Waals surface area contributed by atoms with Gasteiger partial charge in [0.25, 0.3) is 0 Å². The molecule has 0 amide bonds. The smallest absolute Gasteiger partial charge is 0.238 e. The number of nitrogens with zero attached hydrogens (tertiary/aromatic N) is 2. The summed E-state index contributed by atoms with van der Waals surface area (Å²) in [5.41, 5.74) is 1.30. The molecule has 0 saturated heterocycles. The number of benzene rings is 1. The fraction of sp³-hybridized carbons (Fsp3) is 0.333. The van der Waals surface area contributed by atoms with Gasteiger partial charge in [0.15, 0.2) is 0 Å². The first kappa shape index (κ1) is 14.8. The van der Waals surface area contributed by atoms with Crippen molar-refractivity contribution in [2.75, 3.05) is 12.4 Å².